The summed E-state index contributed by atoms with van der Waals surface area (Å²) in [7, 11) is 3.51. The molecule has 0 bridgehead atoms. The standard InChI is InChI=1S/C28H42N2.CH5N/c1-20-15-21(2)17-26(16-20)28(13-11-9-10-12-14-28)19-27(24(5)25(6)30-8)22(3)18-23(4)29-7;1-2/h15-17,23,29H,3,6,8-14,18-19H2,1-2,4-5,7H3;2H2,1H3/b27-24+;. The molecule has 1 aromatic carbocycles. The highest BCUT2D eigenvalue weighted by molar-refractivity contribution is 5.47. The molecular formula is C29H47N3. The van der Waals surface area contributed by atoms with E-state index in [1.165, 1.54) is 73.4 Å². The van der Waals surface area contributed by atoms with Crippen molar-refractivity contribution >= 4 is 6.72 Å². The summed E-state index contributed by atoms with van der Waals surface area (Å²) in [4.78, 5) is 4.17. The third kappa shape index (κ3) is 7.56. The molecule has 1 fully saturated rings. The first-order valence-electron chi connectivity index (χ1n) is 12.1. The van der Waals surface area contributed by atoms with Crippen LogP contribution < -0.4 is 11.1 Å². The first-order chi connectivity index (χ1) is 15.2. The van der Waals surface area contributed by atoms with Crippen molar-refractivity contribution < 1.29 is 0 Å². The summed E-state index contributed by atoms with van der Waals surface area (Å²) in [6.07, 6.45) is 9.65. The van der Waals surface area contributed by atoms with Crippen molar-refractivity contribution in [1.29, 1.82) is 0 Å². The van der Waals surface area contributed by atoms with Gasteiger partial charge in [-0.3, -0.25) is 4.99 Å². The maximum absolute atomic E-state index is 4.53. The molecule has 1 aliphatic carbocycles. The maximum atomic E-state index is 4.53. The zero-order valence-corrected chi connectivity index (χ0v) is 21.6. The summed E-state index contributed by atoms with van der Waals surface area (Å²) >= 11 is 0. The maximum Gasteiger partial charge on any atom is 0.0582 e. The fraction of sp³-hybridized carbons (Fsp3) is 0.552. The molecule has 0 heterocycles. The molecule has 3 N–H and O–H groups in total. The molecular weight excluding hydrogens is 390 g/mol. The number of rotatable bonds is 9. The van der Waals surface area contributed by atoms with E-state index in [4.69, 9.17) is 0 Å². The second-order valence-electron chi connectivity index (χ2n) is 9.45. The molecule has 0 spiro atoms. The molecule has 2 rings (SSSR count). The van der Waals surface area contributed by atoms with Gasteiger partial charge < -0.3 is 11.1 Å². The van der Waals surface area contributed by atoms with E-state index in [1.807, 2.05) is 7.05 Å². The highest BCUT2D eigenvalue weighted by Gasteiger charge is 2.35. The first-order valence-corrected chi connectivity index (χ1v) is 12.1. The Balaban J connectivity index is 0.00000249. The smallest absolute Gasteiger partial charge is 0.0582 e. The summed E-state index contributed by atoms with van der Waals surface area (Å²) < 4.78 is 0. The van der Waals surface area contributed by atoms with E-state index in [0.29, 0.717) is 6.04 Å². The largest absolute Gasteiger partial charge is 0.333 e. The minimum Gasteiger partial charge on any atom is -0.333 e. The van der Waals surface area contributed by atoms with Gasteiger partial charge in [0.05, 0.1) is 5.70 Å². The fourth-order valence-electron chi connectivity index (χ4n) is 5.00. The molecule has 0 radical (unpaired) electrons. The first kappa shape index (κ1) is 28.1. The number of benzene rings is 1. The van der Waals surface area contributed by atoms with E-state index in [9.17, 15) is 0 Å². The van der Waals surface area contributed by atoms with Gasteiger partial charge in [-0.1, -0.05) is 73.7 Å². The van der Waals surface area contributed by atoms with Crippen LogP contribution in [0.15, 0.2) is 58.8 Å². The summed E-state index contributed by atoms with van der Waals surface area (Å²) in [5, 5.41) is 3.36. The predicted molar refractivity (Wildman–Crippen MR) is 144 cm³/mol. The number of nitrogens with one attached hydrogen (secondary N) is 1. The summed E-state index contributed by atoms with van der Waals surface area (Å²) in [5.74, 6) is 0. The highest BCUT2D eigenvalue weighted by atomic mass is 14.8. The van der Waals surface area contributed by atoms with Crippen LogP contribution in [0.5, 0.6) is 0 Å². The van der Waals surface area contributed by atoms with Crippen LogP contribution in [0.3, 0.4) is 0 Å². The lowest BCUT2D eigenvalue weighted by molar-refractivity contribution is 0.365. The predicted octanol–water partition coefficient (Wildman–Crippen LogP) is 6.95. The van der Waals surface area contributed by atoms with E-state index in [1.54, 1.807) is 0 Å². The van der Waals surface area contributed by atoms with E-state index >= 15 is 0 Å². The number of aliphatic imine (C=N–C) groups is 1. The lowest BCUT2D eigenvalue weighted by atomic mass is 9.68. The molecule has 178 valence electrons. The number of nitrogens with zero attached hydrogens (tertiary/aromatic N) is 1. The van der Waals surface area contributed by atoms with Crippen molar-refractivity contribution in [2.75, 3.05) is 14.1 Å². The van der Waals surface area contributed by atoms with Crippen molar-refractivity contribution in [1.82, 2.24) is 5.32 Å². The molecule has 0 aromatic heterocycles. The third-order valence-corrected chi connectivity index (χ3v) is 6.96. The average molecular weight is 438 g/mol. The number of hydrogen-bond donors (Lipinski definition) is 2. The summed E-state index contributed by atoms with van der Waals surface area (Å²) in [6, 6.07) is 7.51. The van der Waals surface area contributed by atoms with Crippen LogP contribution >= 0.6 is 0 Å². The van der Waals surface area contributed by atoms with Gasteiger partial charge in [0.25, 0.3) is 0 Å². The van der Waals surface area contributed by atoms with Crippen LogP contribution in [0.4, 0.5) is 0 Å². The number of hydrogen-bond acceptors (Lipinski definition) is 3. The van der Waals surface area contributed by atoms with Crippen molar-refractivity contribution in [3.05, 3.63) is 70.5 Å². The Labute approximate surface area is 198 Å². The minimum atomic E-state index is 0.150. The zero-order valence-electron chi connectivity index (χ0n) is 21.6. The zero-order chi connectivity index (χ0) is 24.3. The SMILES string of the molecule is C=NC(=C)/C(C)=C(\CC1(c2cc(C)cc(C)c2)CCCCCC1)C(=C)CC(C)NC.CN. The number of allylic oxidation sites excluding steroid dienone is 2. The normalized spacial score (nSPS) is 17.2. The van der Waals surface area contributed by atoms with E-state index < -0.39 is 0 Å². The van der Waals surface area contributed by atoms with Crippen LogP contribution in [-0.2, 0) is 5.41 Å². The van der Waals surface area contributed by atoms with Gasteiger partial charge in [-0.05, 0) is 96.3 Å². The fourth-order valence-corrected chi connectivity index (χ4v) is 5.00. The van der Waals surface area contributed by atoms with Crippen molar-refractivity contribution in [3.8, 4) is 0 Å². The van der Waals surface area contributed by atoms with E-state index in [0.717, 1.165) is 24.1 Å². The number of aryl methyl sites for hydroxylation is 2. The van der Waals surface area contributed by atoms with Gasteiger partial charge in [-0.2, -0.15) is 0 Å². The van der Waals surface area contributed by atoms with Gasteiger partial charge in [-0.25, -0.2) is 0 Å². The van der Waals surface area contributed by atoms with Gasteiger partial charge in [0, 0.05) is 6.04 Å². The highest BCUT2D eigenvalue weighted by Crippen LogP contribution is 2.46. The van der Waals surface area contributed by atoms with Gasteiger partial charge in [0.15, 0.2) is 0 Å². The molecule has 32 heavy (non-hydrogen) atoms. The van der Waals surface area contributed by atoms with Crippen molar-refractivity contribution in [2.24, 2.45) is 10.7 Å². The van der Waals surface area contributed by atoms with Crippen molar-refractivity contribution in [3.63, 3.8) is 0 Å². The molecule has 1 unspecified atom stereocenters. The monoisotopic (exact) mass is 437 g/mol. The molecule has 1 atom stereocenters. The molecule has 3 nitrogen and oxygen atoms in total. The molecule has 0 saturated heterocycles. The minimum absolute atomic E-state index is 0.150. The second-order valence-corrected chi connectivity index (χ2v) is 9.45. The molecule has 3 heteroatoms. The second kappa shape index (κ2) is 13.5. The Morgan fingerprint density at radius 1 is 1.06 bits per heavy atom. The average Bonchev–Trinajstić information content (AvgIpc) is 3.03. The summed E-state index contributed by atoms with van der Waals surface area (Å²) in [5.41, 5.74) is 13.3. The quantitative estimate of drug-likeness (QED) is 0.249. The van der Waals surface area contributed by atoms with Gasteiger partial charge >= 0.3 is 0 Å². The van der Waals surface area contributed by atoms with E-state index in [-0.39, 0.29) is 5.41 Å². The van der Waals surface area contributed by atoms with Gasteiger partial charge in [0.2, 0.25) is 0 Å². The van der Waals surface area contributed by atoms with Crippen LogP contribution in [0.1, 0.15) is 81.9 Å². The molecule has 0 amide bonds. The van der Waals surface area contributed by atoms with E-state index in [2.05, 4.69) is 81.8 Å². The Hall–Kier alpha value is -1.97. The Morgan fingerprint density at radius 2 is 1.59 bits per heavy atom. The molecule has 1 aliphatic rings. The third-order valence-electron chi connectivity index (χ3n) is 6.96. The summed E-state index contributed by atoms with van der Waals surface area (Å²) in [6.45, 7) is 21.2. The molecule has 1 aromatic rings. The Morgan fingerprint density at radius 3 is 2.06 bits per heavy atom. The van der Waals surface area contributed by atoms with Crippen LogP contribution in [0.25, 0.3) is 0 Å². The topological polar surface area (TPSA) is 50.4 Å². The number of nitrogens with two attached hydrogens (primary N) is 1. The molecule has 0 aliphatic heterocycles. The lowest BCUT2D eigenvalue weighted by Gasteiger charge is -2.37. The molecule has 1 saturated carbocycles. The lowest BCUT2D eigenvalue weighted by Crippen LogP contribution is -2.28. The van der Waals surface area contributed by atoms with Crippen molar-refractivity contribution in [2.45, 2.75) is 90.5 Å². The van der Waals surface area contributed by atoms with Gasteiger partial charge in [-0.15, -0.1) is 0 Å². The van der Waals surface area contributed by atoms with Crippen LogP contribution in [-0.4, -0.2) is 26.9 Å². The van der Waals surface area contributed by atoms with Gasteiger partial charge in [0.1, 0.15) is 0 Å². The van der Waals surface area contributed by atoms with Crippen LogP contribution in [0, 0.1) is 13.8 Å². The van der Waals surface area contributed by atoms with Crippen LogP contribution in [0.2, 0.25) is 0 Å². The Bertz CT molecular complexity index is 787. The Kier molecular flexibility index (Phi) is 11.9.